The van der Waals surface area contributed by atoms with Crippen LogP contribution in [-0.4, -0.2) is 22.3 Å². The molecule has 0 aliphatic rings. The van der Waals surface area contributed by atoms with E-state index in [1.165, 1.54) is 0 Å². The predicted octanol–water partition coefficient (Wildman–Crippen LogP) is 2.62. The molecule has 14 heavy (non-hydrogen) atoms. The van der Waals surface area contributed by atoms with Gasteiger partial charge in [-0.05, 0) is 20.3 Å². The summed E-state index contributed by atoms with van der Waals surface area (Å²) in [7, 11) is 0. The normalized spacial score (nSPS) is 9.43. The smallest absolute Gasteiger partial charge is 0.332 e. The molecule has 0 heterocycles. The predicted molar refractivity (Wildman–Crippen MR) is 60.3 cm³/mol. The van der Waals surface area contributed by atoms with Crippen LogP contribution in [-0.2, 0) is 4.79 Å². The summed E-state index contributed by atoms with van der Waals surface area (Å²) in [6.07, 6.45) is 3.38. The molecule has 0 saturated heterocycles. The van der Waals surface area contributed by atoms with E-state index < -0.39 is 12.1 Å². The van der Waals surface area contributed by atoms with Crippen LogP contribution in [0.3, 0.4) is 0 Å². The number of aliphatic carboxylic acids is 1. The Hall–Kier alpha value is -1.09. The topological polar surface area (TPSA) is 57.5 Å². The van der Waals surface area contributed by atoms with Gasteiger partial charge in [-0.2, -0.15) is 0 Å². The van der Waals surface area contributed by atoms with Gasteiger partial charge >= 0.3 is 5.97 Å². The molecule has 0 bridgehead atoms. The third-order valence-electron chi connectivity index (χ3n) is 0.847. The van der Waals surface area contributed by atoms with Crippen molar-refractivity contribution in [2.45, 2.75) is 39.7 Å². The fourth-order valence-corrected chi connectivity index (χ4v) is 0.397. The summed E-state index contributed by atoms with van der Waals surface area (Å²) in [5.41, 5.74) is 0. The number of carboxylic acid groups (broad SMARTS) is 1. The second-order valence-corrected chi connectivity index (χ2v) is 2.46. The first kappa shape index (κ1) is 18.6. The average molecular weight is 202 g/mol. The number of hydrogen-bond donors (Lipinski definition) is 2. The molecule has 0 fully saturated rings. The fourth-order valence-electron chi connectivity index (χ4n) is 0.397. The van der Waals surface area contributed by atoms with Crippen molar-refractivity contribution in [1.29, 1.82) is 0 Å². The molecular weight excluding hydrogens is 180 g/mol. The van der Waals surface area contributed by atoms with Crippen molar-refractivity contribution < 1.29 is 15.0 Å². The summed E-state index contributed by atoms with van der Waals surface area (Å²) in [4.78, 5) is 9.84. The van der Waals surface area contributed by atoms with Crippen LogP contribution in [0, 0.1) is 0 Å². The number of aliphatic hydroxyl groups excluding tert-OH is 1. The van der Waals surface area contributed by atoms with Crippen LogP contribution in [0.2, 0.25) is 0 Å². The lowest BCUT2D eigenvalue weighted by Gasteiger charge is -1.99. The quantitative estimate of drug-likeness (QED) is 0.692. The Labute approximate surface area is 86.8 Å². The van der Waals surface area contributed by atoms with E-state index in [2.05, 4.69) is 13.2 Å². The lowest BCUT2D eigenvalue weighted by molar-refractivity contribution is -0.146. The zero-order valence-electron chi connectivity index (χ0n) is 9.36. The molecule has 0 rings (SSSR count). The van der Waals surface area contributed by atoms with E-state index >= 15 is 0 Å². The largest absolute Gasteiger partial charge is 0.479 e. The van der Waals surface area contributed by atoms with Crippen molar-refractivity contribution in [2.24, 2.45) is 0 Å². The minimum Gasteiger partial charge on any atom is -0.479 e. The van der Waals surface area contributed by atoms with Gasteiger partial charge in [0.15, 0.2) is 6.10 Å². The molecule has 84 valence electrons. The summed E-state index contributed by atoms with van der Waals surface area (Å²) in [5.74, 6) is -1.13. The molecule has 1 unspecified atom stereocenters. The Balaban J connectivity index is -0.000000168. The highest BCUT2D eigenvalue weighted by Crippen LogP contribution is 1.94. The number of rotatable bonds is 3. The molecule has 0 aliphatic heterocycles. The molecule has 0 aromatic rings. The van der Waals surface area contributed by atoms with Crippen LogP contribution in [0.25, 0.3) is 0 Å². The summed E-state index contributed by atoms with van der Waals surface area (Å²) < 4.78 is 0. The second-order valence-electron chi connectivity index (χ2n) is 2.46. The lowest BCUT2D eigenvalue weighted by Crippen LogP contribution is -2.18. The van der Waals surface area contributed by atoms with Crippen LogP contribution in [0.5, 0.6) is 0 Å². The van der Waals surface area contributed by atoms with Crippen LogP contribution in [0.15, 0.2) is 25.3 Å². The Morgan fingerprint density at radius 2 is 1.64 bits per heavy atom. The van der Waals surface area contributed by atoms with Crippen LogP contribution in [0.1, 0.15) is 33.6 Å². The van der Waals surface area contributed by atoms with Gasteiger partial charge in [0.2, 0.25) is 0 Å². The number of carbonyl (C=O) groups is 1. The van der Waals surface area contributed by atoms with Crippen molar-refractivity contribution in [3.8, 4) is 0 Å². The standard InChI is InChI=1S/C5H10O3.2C3H6/c1-2-3-4(6)5(7)8;2*1-3-2/h4,6H,2-3H2,1H3,(H,7,8);2*3H,1H2,2H3. The number of hydrogen-bond acceptors (Lipinski definition) is 2. The lowest BCUT2D eigenvalue weighted by atomic mass is 10.2. The molecular formula is C11H22O3. The Morgan fingerprint density at radius 3 is 1.71 bits per heavy atom. The number of allylic oxidation sites excluding steroid dienone is 2. The van der Waals surface area contributed by atoms with Gasteiger partial charge in [0, 0.05) is 0 Å². The minimum atomic E-state index is -1.17. The molecule has 1 atom stereocenters. The van der Waals surface area contributed by atoms with Crippen molar-refractivity contribution in [3.05, 3.63) is 25.3 Å². The van der Waals surface area contributed by atoms with E-state index in [1.54, 1.807) is 12.2 Å². The number of carboxylic acids is 1. The highest BCUT2D eigenvalue weighted by molar-refractivity contribution is 5.71. The third-order valence-corrected chi connectivity index (χ3v) is 0.847. The first-order chi connectivity index (χ1) is 6.51. The van der Waals surface area contributed by atoms with E-state index in [0.29, 0.717) is 12.8 Å². The first-order valence-electron chi connectivity index (χ1n) is 4.56. The van der Waals surface area contributed by atoms with Gasteiger partial charge in [-0.1, -0.05) is 25.5 Å². The van der Waals surface area contributed by atoms with Gasteiger partial charge < -0.3 is 10.2 Å². The van der Waals surface area contributed by atoms with Crippen molar-refractivity contribution in [2.75, 3.05) is 0 Å². The van der Waals surface area contributed by atoms with Crippen LogP contribution < -0.4 is 0 Å². The molecule has 0 aromatic carbocycles. The molecule has 0 spiro atoms. The van der Waals surface area contributed by atoms with Crippen molar-refractivity contribution in [3.63, 3.8) is 0 Å². The zero-order chi connectivity index (χ0) is 12.0. The van der Waals surface area contributed by atoms with E-state index in [0.717, 1.165) is 0 Å². The SMILES string of the molecule is C=CC.C=CC.CCCC(O)C(=O)O. The van der Waals surface area contributed by atoms with Gasteiger partial charge in [0.05, 0.1) is 0 Å². The molecule has 0 saturated carbocycles. The number of aliphatic hydroxyl groups is 1. The van der Waals surface area contributed by atoms with Crippen molar-refractivity contribution >= 4 is 5.97 Å². The zero-order valence-corrected chi connectivity index (χ0v) is 9.36. The van der Waals surface area contributed by atoms with Gasteiger partial charge in [-0.15, -0.1) is 13.2 Å². The van der Waals surface area contributed by atoms with Crippen LogP contribution >= 0.6 is 0 Å². The summed E-state index contributed by atoms with van der Waals surface area (Å²) >= 11 is 0. The summed E-state index contributed by atoms with van der Waals surface area (Å²) in [6, 6.07) is 0. The monoisotopic (exact) mass is 202 g/mol. The maximum atomic E-state index is 9.84. The molecule has 2 N–H and O–H groups in total. The first-order valence-corrected chi connectivity index (χ1v) is 4.56. The van der Waals surface area contributed by atoms with E-state index in [4.69, 9.17) is 10.2 Å². The highest BCUT2D eigenvalue weighted by atomic mass is 16.4. The Kier molecular flexibility index (Phi) is 23.8. The van der Waals surface area contributed by atoms with Gasteiger partial charge in [0.1, 0.15) is 0 Å². The van der Waals surface area contributed by atoms with E-state index in [9.17, 15) is 4.79 Å². The van der Waals surface area contributed by atoms with E-state index in [-0.39, 0.29) is 0 Å². The second kappa shape index (κ2) is 17.9. The van der Waals surface area contributed by atoms with Crippen molar-refractivity contribution in [1.82, 2.24) is 0 Å². The van der Waals surface area contributed by atoms with Crippen LogP contribution in [0.4, 0.5) is 0 Å². The molecule has 3 nitrogen and oxygen atoms in total. The minimum absolute atomic E-state index is 0.343. The van der Waals surface area contributed by atoms with Gasteiger partial charge in [-0.25, -0.2) is 4.79 Å². The Bertz CT molecular complexity index is 135. The molecule has 3 heteroatoms. The summed E-state index contributed by atoms with van der Waals surface area (Å²) in [6.45, 7) is 12.3. The summed E-state index contributed by atoms with van der Waals surface area (Å²) in [5, 5.41) is 16.6. The fraction of sp³-hybridized carbons (Fsp3) is 0.545. The maximum Gasteiger partial charge on any atom is 0.332 e. The van der Waals surface area contributed by atoms with E-state index in [1.807, 2.05) is 20.8 Å². The van der Waals surface area contributed by atoms with Gasteiger partial charge in [0.25, 0.3) is 0 Å². The molecule has 0 radical (unpaired) electrons. The third kappa shape index (κ3) is 30.7. The highest BCUT2D eigenvalue weighted by Gasteiger charge is 2.09. The van der Waals surface area contributed by atoms with Gasteiger partial charge in [-0.3, -0.25) is 0 Å². The average Bonchev–Trinajstić information content (AvgIpc) is 2.07. The molecule has 0 amide bonds. The Morgan fingerprint density at radius 1 is 1.36 bits per heavy atom. The molecule has 0 aromatic heterocycles. The molecule has 0 aliphatic carbocycles. The maximum absolute atomic E-state index is 9.84.